The number of hydrogen-bond acceptors (Lipinski definition) is 8. The Morgan fingerprint density at radius 1 is 0.975 bits per heavy atom. The van der Waals surface area contributed by atoms with E-state index in [1.54, 1.807) is 25.4 Å². The summed E-state index contributed by atoms with van der Waals surface area (Å²) in [5.41, 5.74) is 3.11. The summed E-state index contributed by atoms with van der Waals surface area (Å²) in [7, 11) is 1.66. The smallest absolute Gasteiger partial charge is 0.213 e. The van der Waals surface area contributed by atoms with Gasteiger partial charge in [-0.05, 0) is 82.2 Å². The van der Waals surface area contributed by atoms with Gasteiger partial charge >= 0.3 is 0 Å². The van der Waals surface area contributed by atoms with Crippen LogP contribution in [0.5, 0.6) is 17.4 Å². The van der Waals surface area contributed by atoms with Crippen molar-refractivity contribution in [1.29, 1.82) is 0 Å². The monoisotopic (exact) mass is 557 g/mol. The number of fused-ring (bicyclic) bond motifs is 1. The molecule has 40 heavy (non-hydrogen) atoms. The lowest BCUT2D eigenvalue weighted by molar-refractivity contribution is 0.104. The van der Waals surface area contributed by atoms with Gasteiger partial charge in [0, 0.05) is 62.6 Å². The van der Waals surface area contributed by atoms with Crippen molar-refractivity contribution in [3.8, 4) is 27.8 Å². The number of carbonyl (C=O) groups is 1. The van der Waals surface area contributed by atoms with E-state index < -0.39 is 0 Å². The molecule has 2 aliphatic rings. The van der Waals surface area contributed by atoms with Gasteiger partial charge in [0.15, 0.2) is 5.78 Å². The van der Waals surface area contributed by atoms with Gasteiger partial charge in [-0.3, -0.25) is 14.6 Å². The number of methoxy groups -OCH3 is 1. The Balaban J connectivity index is 1.28. The average Bonchev–Trinajstić information content (AvgIpc) is 3.75. The van der Waals surface area contributed by atoms with Gasteiger partial charge in [0.1, 0.15) is 18.1 Å². The van der Waals surface area contributed by atoms with Crippen LogP contribution in [-0.4, -0.2) is 72.1 Å². The average molecular weight is 558 g/mol. The molecule has 2 aromatic carbocycles. The predicted molar refractivity (Wildman–Crippen MR) is 159 cm³/mol. The molecule has 0 radical (unpaired) electrons. The maximum absolute atomic E-state index is 14.1. The van der Waals surface area contributed by atoms with Gasteiger partial charge in [0.05, 0.1) is 7.11 Å². The highest BCUT2D eigenvalue weighted by molar-refractivity contribution is 7.22. The number of rotatable bonds is 10. The molecule has 208 valence electrons. The number of aromatic hydroxyl groups is 1. The Labute approximate surface area is 239 Å². The van der Waals surface area contributed by atoms with Crippen LogP contribution in [0.4, 0.5) is 0 Å². The van der Waals surface area contributed by atoms with Gasteiger partial charge in [-0.25, -0.2) is 4.98 Å². The summed E-state index contributed by atoms with van der Waals surface area (Å²) in [5.74, 6) is 1.40. The van der Waals surface area contributed by atoms with Crippen molar-refractivity contribution in [1.82, 2.24) is 14.8 Å². The third-order valence-corrected chi connectivity index (χ3v) is 9.10. The molecule has 6 rings (SSSR count). The van der Waals surface area contributed by atoms with Crippen LogP contribution in [-0.2, 0) is 6.54 Å². The van der Waals surface area contributed by atoms with E-state index in [0.717, 1.165) is 71.1 Å². The van der Waals surface area contributed by atoms with Crippen molar-refractivity contribution >= 4 is 27.2 Å². The zero-order valence-corrected chi connectivity index (χ0v) is 23.7. The van der Waals surface area contributed by atoms with Crippen LogP contribution in [0.2, 0.25) is 0 Å². The molecule has 1 N–H and O–H groups in total. The Morgan fingerprint density at radius 2 is 1.75 bits per heavy atom. The molecule has 0 unspecified atom stereocenters. The van der Waals surface area contributed by atoms with Crippen LogP contribution in [0.3, 0.4) is 0 Å². The molecule has 4 heterocycles. The van der Waals surface area contributed by atoms with Crippen LogP contribution in [0.15, 0.2) is 54.7 Å². The number of likely N-dealkylation sites (tertiary alicyclic amines) is 2. The standard InChI is InChI=1S/C32H35N3O4S/c1-38-27-18-22(6-7-24(27)21-35-14-4-5-15-35)31(37)30-26-10-9-25(36)19-28(26)40-32(30)23-8-11-29(33-20-23)39-17-16-34-12-2-3-13-34/h6-11,18-20,36H,2-5,12-17,21H2,1H3. The van der Waals surface area contributed by atoms with Gasteiger partial charge in [-0.2, -0.15) is 0 Å². The first-order valence-corrected chi connectivity index (χ1v) is 14.9. The summed E-state index contributed by atoms with van der Waals surface area (Å²) in [6.45, 7) is 6.80. The van der Waals surface area contributed by atoms with Crippen molar-refractivity contribution < 1.29 is 19.4 Å². The zero-order chi connectivity index (χ0) is 27.5. The van der Waals surface area contributed by atoms with E-state index in [1.807, 2.05) is 36.4 Å². The number of phenolic OH excluding ortho intramolecular Hbond substituents is 1. The molecule has 0 saturated carbocycles. The highest BCUT2D eigenvalue weighted by Crippen LogP contribution is 2.41. The number of hydrogen-bond donors (Lipinski definition) is 1. The van der Waals surface area contributed by atoms with E-state index in [-0.39, 0.29) is 11.5 Å². The number of ether oxygens (including phenoxy) is 2. The van der Waals surface area contributed by atoms with Crippen molar-refractivity contribution in [2.24, 2.45) is 0 Å². The molecule has 2 fully saturated rings. The minimum absolute atomic E-state index is 0.0797. The fourth-order valence-corrected chi connectivity index (χ4v) is 6.96. The van der Waals surface area contributed by atoms with Gasteiger partial charge in [0.25, 0.3) is 0 Å². The molecular weight excluding hydrogens is 522 g/mol. The number of pyridine rings is 1. The second-order valence-electron chi connectivity index (χ2n) is 10.6. The lowest BCUT2D eigenvalue weighted by Gasteiger charge is -2.17. The Morgan fingerprint density at radius 3 is 2.48 bits per heavy atom. The summed E-state index contributed by atoms with van der Waals surface area (Å²) in [6, 6.07) is 14.8. The summed E-state index contributed by atoms with van der Waals surface area (Å²) < 4.78 is 12.5. The second kappa shape index (κ2) is 12.0. The lowest BCUT2D eigenvalue weighted by Crippen LogP contribution is -2.25. The number of carbonyl (C=O) groups excluding carboxylic acids is 1. The van der Waals surface area contributed by atoms with E-state index in [4.69, 9.17) is 9.47 Å². The molecule has 2 aliphatic heterocycles. The van der Waals surface area contributed by atoms with Gasteiger partial charge < -0.3 is 14.6 Å². The number of thiophene rings is 1. The largest absolute Gasteiger partial charge is 0.508 e. The Kier molecular flexibility index (Phi) is 8.00. The maximum atomic E-state index is 14.1. The molecule has 8 heteroatoms. The fraction of sp³-hybridized carbons (Fsp3) is 0.375. The number of aromatic nitrogens is 1. The summed E-state index contributed by atoms with van der Waals surface area (Å²) >= 11 is 1.48. The first kappa shape index (κ1) is 26.7. The molecule has 0 spiro atoms. The van der Waals surface area contributed by atoms with Gasteiger partial charge in [-0.1, -0.05) is 12.1 Å². The first-order chi connectivity index (χ1) is 19.6. The number of benzene rings is 2. The Bertz CT molecular complexity index is 1490. The van der Waals surface area contributed by atoms with Crippen molar-refractivity contribution in [2.75, 3.05) is 46.4 Å². The second-order valence-corrected chi connectivity index (χ2v) is 11.7. The Hall–Kier alpha value is -3.46. The molecule has 0 amide bonds. The van der Waals surface area contributed by atoms with Gasteiger partial charge in [-0.15, -0.1) is 11.3 Å². The van der Waals surface area contributed by atoms with Crippen molar-refractivity contribution in [3.05, 3.63) is 71.4 Å². The van der Waals surface area contributed by atoms with E-state index >= 15 is 0 Å². The third kappa shape index (κ3) is 5.70. The van der Waals surface area contributed by atoms with Crippen LogP contribution in [0.1, 0.15) is 47.2 Å². The number of ketones is 1. The molecule has 0 aliphatic carbocycles. The third-order valence-electron chi connectivity index (χ3n) is 7.90. The molecule has 0 atom stereocenters. The topological polar surface area (TPSA) is 75.1 Å². The quantitative estimate of drug-likeness (QED) is 0.241. The van der Waals surface area contributed by atoms with Crippen LogP contribution >= 0.6 is 11.3 Å². The maximum Gasteiger partial charge on any atom is 0.213 e. The highest BCUT2D eigenvalue weighted by Gasteiger charge is 2.24. The fourth-order valence-electron chi connectivity index (χ4n) is 5.74. The van der Waals surface area contributed by atoms with E-state index in [9.17, 15) is 9.90 Å². The van der Waals surface area contributed by atoms with Crippen LogP contribution in [0.25, 0.3) is 20.5 Å². The van der Waals surface area contributed by atoms with Gasteiger partial charge in [0.2, 0.25) is 5.88 Å². The van der Waals surface area contributed by atoms with E-state index in [2.05, 4.69) is 14.8 Å². The molecule has 2 aromatic heterocycles. The molecule has 4 aromatic rings. The van der Waals surface area contributed by atoms with Crippen molar-refractivity contribution in [3.63, 3.8) is 0 Å². The number of phenols is 1. The van der Waals surface area contributed by atoms with E-state index in [0.29, 0.717) is 23.6 Å². The summed E-state index contributed by atoms with van der Waals surface area (Å²) in [5, 5.41) is 11.0. The first-order valence-electron chi connectivity index (χ1n) is 14.1. The minimum Gasteiger partial charge on any atom is -0.508 e. The van der Waals surface area contributed by atoms with Crippen LogP contribution < -0.4 is 9.47 Å². The van der Waals surface area contributed by atoms with Crippen molar-refractivity contribution in [2.45, 2.75) is 32.2 Å². The molecule has 2 saturated heterocycles. The lowest BCUT2D eigenvalue weighted by atomic mass is 9.97. The molecular formula is C32H35N3O4S. The number of nitrogens with zero attached hydrogens (tertiary/aromatic N) is 3. The molecule has 0 bridgehead atoms. The predicted octanol–water partition coefficient (Wildman–Crippen LogP) is 5.98. The summed E-state index contributed by atoms with van der Waals surface area (Å²) in [6.07, 6.45) is 6.74. The normalized spacial score (nSPS) is 16.1. The van der Waals surface area contributed by atoms with E-state index in [1.165, 1.54) is 37.0 Å². The SMILES string of the molecule is COc1cc(C(=O)c2c(-c3ccc(OCCN4CCCC4)nc3)sc3cc(O)ccc23)ccc1CN1CCCC1. The highest BCUT2D eigenvalue weighted by atomic mass is 32.1. The zero-order valence-electron chi connectivity index (χ0n) is 22.9. The molecule has 7 nitrogen and oxygen atoms in total. The summed E-state index contributed by atoms with van der Waals surface area (Å²) in [4.78, 5) is 24.3. The van der Waals surface area contributed by atoms with Crippen LogP contribution in [0, 0.1) is 0 Å². The minimum atomic E-state index is -0.0797.